The maximum atomic E-state index is 13.9. The van der Waals surface area contributed by atoms with Crippen molar-refractivity contribution in [2.75, 3.05) is 6.61 Å². The molecule has 1 aromatic heterocycles. The lowest BCUT2D eigenvalue weighted by atomic mass is 10.1. The average molecular weight is 320 g/mol. The van der Waals surface area contributed by atoms with Gasteiger partial charge in [-0.05, 0) is 18.4 Å². The van der Waals surface area contributed by atoms with Crippen LogP contribution in [-0.2, 0) is 11.3 Å². The summed E-state index contributed by atoms with van der Waals surface area (Å²) in [6, 6.07) is 8.60. The van der Waals surface area contributed by atoms with Crippen LogP contribution >= 0.6 is 0 Å². The molecule has 2 aromatic rings. The van der Waals surface area contributed by atoms with Crippen molar-refractivity contribution in [2.24, 2.45) is 0 Å². The minimum atomic E-state index is -1.08. The molecule has 1 aliphatic rings. The van der Waals surface area contributed by atoms with Gasteiger partial charge in [0.15, 0.2) is 0 Å². The lowest BCUT2D eigenvalue weighted by Crippen LogP contribution is -2.43. The van der Waals surface area contributed by atoms with Gasteiger partial charge in [-0.1, -0.05) is 30.3 Å². The summed E-state index contributed by atoms with van der Waals surface area (Å²) in [5, 5.41) is 10.2. The van der Waals surface area contributed by atoms with Gasteiger partial charge in [0.2, 0.25) is 5.82 Å². The first-order valence-corrected chi connectivity index (χ1v) is 7.44. The monoisotopic (exact) mass is 320 g/mol. The lowest BCUT2D eigenvalue weighted by molar-refractivity contribution is 0.0491. The Morgan fingerprint density at radius 2 is 2.04 bits per heavy atom. The van der Waals surface area contributed by atoms with E-state index in [4.69, 9.17) is 4.74 Å². The minimum Gasteiger partial charge on any atom is -0.387 e. The molecule has 2 atom stereocenters. The molecule has 0 aliphatic carbocycles. The van der Waals surface area contributed by atoms with Crippen LogP contribution in [0.5, 0.6) is 0 Å². The molecule has 0 saturated carbocycles. The van der Waals surface area contributed by atoms with Gasteiger partial charge in [-0.25, -0.2) is 4.79 Å². The number of nitrogens with zero attached hydrogens (tertiary/aromatic N) is 2. The Morgan fingerprint density at radius 1 is 1.30 bits per heavy atom. The van der Waals surface area contributed by atoms with Crippen LogP contribution in [0, 0.1) is 5.82 Å². The molecular weight excluding hydrogens is 303 g/mol. The van der Waals surface area contributed by atoms with Gasteiger partial charge >= 0.3 is 5.69 Å². The molecule has 3 rings (SSSR count). The Bertz CT molecular complexity index is 794. The van der Waals surface area contributed by atoms with Crippen LogP contribution in [-0.4, -0.2) is 20.8 Å². The minimum absolute atomic E-state index is 0.313. The second-order valence-electron chi connectivity index (χ2n) is 5.48. The largest absolute Gasteiger partial charge is 0.387 e. The second kappa shape index (κ2) is 6.47. The van der Waals surface area contributed by atoms with Gasteiger partial charge in [-0.2, -0.15) is 4.39 Å². The van der Waals surface area contributed by atoms with Crippen LogP contribution in [0.1, 0.15) is 30.7 Å². The number of aromatic nitrogens is 2. The van der Waals surface area contributed by atoms with Crippen molar-refractivity contribution >= 4 is 0 Å². The van der Waals surface area contributed by atoms with Gasteiger partial charge < -0.3 is 9.84 Å². The quantitative estimate of drug-likeness (QED) is 0.918. The van der Waals surface area contributed by atoms with E-state index in [0.29, 0.717) is 23.2 Å². The molecule has 0 radical (unpaired) electrons. The molecule has 0 spiro atoms. The van der Waals surface area contributed by atoms with Gasteiger partial charge in [0.1, 0.15) is 6.23 Å². The number of hydrogen-bond donors (Lipinski definition) is 1. The van der Waals surface area contributed by atoms with E-state index in [1.165, 1.54) is 0 Å². The predicted molar refractivity (Wildman–Crippen MR) is 80.5 cm³/mol. The average Bonchev–Trinajstić information content (AvgIpc) is 3.10. The number of aliphatic hydroxyl groups excluding tert-OH is 1. The SMILES string of the molecule is O=c1c(F)cn([C@H]2CCCO2)c(=O)n1C[C@H](O)c1ccccc1. The van der Waals surface area contributed by atoms with Crippen molar-refractivity contribution in [3.05, 3.63) is 68.7 Å². The predicted octanol–water partition coefficient (Wildman–Crippen LogP) is 1.19. The van der Waals surface area contributed by atoms with Gasteiger partial charge in [0.05, 0.1) is 18.8 Å². The number of benzene rings is 1. The zero-order valence-corrected chi connectivity index (χ0v) is 12.4. The van der Waals surface area contributed by atoms with E-state index in [9.17, 15) is 19.1 Å². The van der Waals surface area contributed by atoms with Crippen LogP contribution < -0.4 is 11.2 Å². The summed E-state index contributed by atoms with van der Waals surface area (Å²) in [5.74, 6) is -1.04. The zero-order valence-electron chi connectivity index (χ0n) is 12.4. The fourth-order valence-electron chi connectivity index (χ4n) is 2.69. The van der Waals surface area contributed by atoms with Crippen LogP contribution in [0.3, 0.4) is 0 Å². The first kappa shape index (κ1) is 15.6. The number of hydrogen-bond acceptors (Lipinski definition) is 4. The summed E-state index contributed by atoms with van der Waals surface area (Å²) >= 11 is 0. The van der Waals surface area contributed by atoms with Crippen molar-refractivity contribution in [3.8, 4) is 0 Å². The van der Waals surface area contributed by atoms with Crippen molar-refractivity contribution in [1.29, 1.82) is 0 Å². The lowest BCUT2D eigenvalue weighted by Gasteiger charge is -2.17. The normalized spacial score (nSPS) is 19.0. The Hall–Kier alpha value is -2.25. The molecule has 1 aromatic carbocycles. The topological polar surface area (TPSA) is 73.5 Å². The van der Waals surface area contributed by atoms with E-state index in [2.05, 4.69) is 0 Å². The maximum absolute atomic E-state index is 13.9. The molecule has 1 N–H and O–H groups in total. The van der Waals surface area contributed by atoms with Gasteiger partial charge in [-0.3, -0.25) is 13.9 Å². The first-order chi connectivity index (χ1) is 11.1. The zero-order chi connectivity index (χ0) is 16.4. The Morgan fingerprint density at radius 3 is 2.70 bits per heavy atom. The number of halogens is 1. The maximum Gasteiger partial charge on any atom is 0.333 e. The summed E-state index contributed by atoms with van der Waals surface area (Å²) in [7, 11) is 0. The third-order valence-corrected chi connectivity index (χ3v) is 3.91. The van der Waals surface area contributed by atoms with Crippen LogP contribution in [0.2, 0.25) is 0 Å². The Balaban J connectivity index is 1.98. The van der Waals surface area contributed by atoms with Gasteiger partial charge in [0.25, 0.3) is 5.56 Å². The Kier molecular flexibility index (Phi) is 4.40. The van der Waals surface area contributed by atoms with Crippen LogP contribution in [0.15, 0.2) is 46.1 Å². The molecule has 1 aliphatic heterocycles. The third kappa shape index (κ3) is 3.11. The van der Waals surface area contributed by atoms with Crippen molar-refractivity contribution in [1.82, 2.24) is 9.13 Å². The molecule has 0 bridgehead atoms. The number of rotatable bonds is 4. The van der Waals surface area contributed by atoms with E-state index in [1.807, 2.05) is 0 Å². The standard InChI is InChI=1S/C16H17FN2O4/c17-12-9-18(14-7-4-8-23-14)16(22)19(15(12)21)10-13(20)11-5-2-1-3-6-11/h1-3,5-6,9,13-14,20H,4,7-8,10H2/t13-,14+/m0/s1. The van der Waals surface area contributed by atoms with E-state index < -0.39 is 29.4 Å². The van der Waals surface area contributed by atoms with Crippen molar-refractivity contribution in [2.45, 2.75) is 31.7 Å². The smallest absolute Gasteiger partial charge is 0.333 e. The van der Waals surface area contributed by atoms with Crippen LogP contribution in [0.25, 0.3) is 0 Å². The molecule has 0 amide bonds. The highest BCUT2D eigenvalue weighted by Gasteiger charge is 2.23. The molecule has 1 fully saturated rings. The Labute approximate surface area is 131 Å². The highest BCUT2D eigenvalue weighted by atomic mass is 19.1. The van der Waals surface area contributed by atoms with Gasteiger partial charge in [-0.15, -0.1) is 0 Å². The van der Waals surface area contributed by atoms with Crippen molar-refractivity contribution in [3.63, 3.8) is 0 Å². The second-order valence-corrected chi connectivity index (χ2v) is 5.48. The van der Waals surface area contributed by atoms with E-state index >= 15 is 0 Å². The fourth-order valence-corrected chi connectivity index (χ4v) is 2.69. The molecular formula is C16H17FN2O4. The first-order valence-electron chi connectivity index (χ1n) is 7.44. The van der Waals surface area contributed by atoms with E-state index in [0.717, 1.165) is 17.2 Å². The highest BCUT2D eigenvalue weighted by Crippen LogP contribution is 2.21. The molecule has 7 heteroatoms. The van der Waals surface area contributed by atoms with Crippen LogP contribution in [0.4, 0.5) is 4.39 Å². The van der Waals surface area contributed by atoms with E-state index in [1.54, 1.807) is 30.3 Å². The summed E-state index contributed by atoms with van der Waals surface area (Å²) < 4.78 is 21.1. The summed E-state index contributed by atoms with van der Waals surface area (Å²) in [4.78, 5) is 24.4. The molecule has 0 unspecified atom stereocenters. The molecule has 23 heavy (non-hydrogen) atoms. The third-order valence-electron chi connectivity index (χ3n) is 3.91. The molecule has 6 nitrogen and oxygen atoms in total. The fraction of sp³-hybridized carbons (Fsp3) is 0.375. The number of aliphatic hydroxyl groups is 1. The van der Waals surface area contributed by atoms with Gasteiger partial charge in [0, 0.05) is 6.61 Å². The summed E-state index contributed by atoms with van der Waals surface area (Å²) in [5.41, 5.74) is -1.18. The van der Waals surface area contributed by atoms with E-state index in [-0.39, 0.29) is 6.54 Å². The summed E-state index contributed by atoms with van der Waals surface area (Å²) in [6.45, 7) is 0.177. The highest BCUT2D eigenvalue weighted by molar-refractivity contribution is 5.17. The molecule has 2 heterocycles. The summed E-state index contributed by atoms with van der Waals surface area (Å²) in [6.07, 6.45) is 0.578. The molecule has 1 saturated heterocycles. The molecule has 122 valence electrons. The number of ether oxygens (including phenoxy) is 1. The van der Waals surface area contributed by atoms with Crippen molar-refractivity contribution < 1.29 is 14.2 Å².